The standard InChI is InChI=1S/C17H30N4O3S/c1-12(22)14(18)16(24)21-9-5-17(6-10-21)19-13(11-25-17)15(23)20-7-3-2-4-8-20/h12-14,19,22H,2-11,18H2,1H3/t12-,13+,14+/m1/s1. The van der Waals surface area contributed by atoms with Gasteiger partial charge in [0.15, 0.2) is 0 Å². The van der Waals surface area contributed by atoms with Crippen molar-refractivity contribution in [3.63, 3.8) is 0 Å². The van der Waals surface area contributed by atoms with Crippen molar-refractivity contribution in [1.82, 2.24) is 15.1 Å². The Labute approximate surface area is 153 Å². The van der Waals surface area contributed by atoms with Crippen LogP contribution in [0, 0.1) is 0 Å². The fraction of sp³-hybridized carbons (Fsp3) is 0.882. The quantitative estimate of drug-likeness (QED) is 0.633. The molecule has 0 aromatic rings. The molecule has 25 heavy (non-hydrogen) atoms. The lowest BCUT2D eigenvalue weighted by molar-refractivity contribution is -0.137. The van der Waals surface area contributed by atoms with Gasteiger partial charge in [0.2, 0.25) is 11.8 Å². The summed E-state index contributed by atoms with van der Waals surface area (Å²) in [6.07, 6.45) is 4.21. The summed E-state index contributed by atoms with van der Waals surface area (Å²) in [4.78, 5) is 28.6. The van der Waals surface area contributed by atoms with Gasteiger partial charge < -0.3 is 20.6 Å². The Kier molecular flexibility index (Phi) is 5.92. The van der Waals surface area contributed by atoms with Crippen LogP contribution >= 0.6 is 11.8 Å². The summed E-state index contributed by atoms with van der Waals surface area (Å²) in [5.74, 6) is 0.851. The third-order valence-corrected chi connectivity index (χ3v) is 7.20. The van der Waals surface area contributed by atoms with Crippen LogP contribution in [0.4, 0.5) is 0 Å². The number of rotatable bonds is 3. The number of nitrogens with one attached hydrogen (secondary N) is 1. The monoisotopic (exact) mass is 370 g/mol. The van der Waals surface area contributed by atoms with Gasteiger partial charge in [-0.15, -0.1) is 11.8 Å². The summed E-state index contributed by atoms with van der Waals surface area (Å²) in [5, 5.41) is 13.1. The van der Waals surface area contributed by atoms with E-state index in [1.165, 1.54) is 6.42 Å². The molecule has 0 aromatic heterocycles. The molecule has 0 bridgehead atoms. The molecule has 3 saturated heterocycles. The van der Waals surface area contributed by atoms with Crippen LogP contribution in [0.3, 0.4) is 0 Å². The molecule has 3 aliphatic heterocycles. The predicted octanol–water partition coefficient (Wildman–Crippen LogP) is -0.269. The van der Waals surface area contributed by atoms with Crippen molar-refractivity contribution in [1.29, 1.82) is 0 Å². The molecule has 0 aliphatic carbocycles. The van der Waals surface area contributed by atoms with E-state index in [1.54, 1.807) is 11.8 Å². The van der Waals surface area contributed by atoms with Crippen molar-refractivity contribution in [2.75, 3.05) is 31.9 Å². The first-order valence-corrected chi connectivity index (χ1v) is 10.3. The lowest BCUT2D eigenvalue weighted by Gasteiger charge is -2.40. The molecule has 0 saturated carbocycles. The average Bonchev–Trinajstić information content (AvgIpc) is 3.04. The van der Waals surface area contributed by atoms with Crippen molar-refractivity contribution in [2.45, 2.75) is 62.1 Å². The second-order valence-electron chi connectivity index (χ2n) is 7.48. The first-order valence-electron chi connectivity index (χ1n) is 9.35. The van der Waals surface area contributed by atoms with Crippen LogP contribution in [0.1, 0.15) is 39.0 Å². The maximum absolute atomic E-state index is 12.7. The topological polar surface area (TPSA) is 98.9 Å². The van der Waals surface area contributed by atoms with E-state index < -0.39 is 12.1 Å². The number of piperidine rings is 2. The highest BCUT2D eigenvalue weighted by Crippen LogP contribution is 2.39. The van der Waals surface area contributed by atoms with Gasteiger partial charge in [-0.3, -0.25) is 14.9 Å². The number of likely N-dealkylation sites (tertiary alicyclic amines) is 2. The second kappa shape index (κ2) is 7.82. The van der Waals surface area contributed by atoms with Gasteiger partial charge in [-0.05, 0) is 39.0 Å². The van der Waals surface area contributed by atoms with Crippen LogP contribution in [-0.2, 0) is 9.59 Å². The first-order chi connectivity index (χ1) is 11.9. The average molecular weight is 371 g/mol. The fourth-order valence-electron chi connectivity index (χ4n) is 3.91. The number of carbonyl (C=O) groups is 2. The molecule has 3 atom stereocenters. The molecule has 0 radical (unpaired) electrons. The van der Waals surface area contributed by atoms with Crippen LogP contribution in [0.2, 0.25) is 0 Å². The Morgan fingerprint density at radius 2 is 1.80 bits per heavy atom. The molecule has 142 valence electrons. The number of nitrogens with two attached hydrogens (primary N) is 1. The van der Waals surface area contributed by atoms with Crippen molar-refractivity contribution in [3.8, 4) is 0 Å². The van der Waals surface area contributed by atoms with Gasteiger partial charge in [-0.25, -0.2) is 0 Å². The zero-order valence-electron chi connectivity index (χ0n) is 14.9. The molecule has 0 aromatic carbocycles. The highest BCUT2D eigenvalue weighted by Gasteiger charge is 2.45. The summed E-state index contributed by atoms with van der Waals surface area (Å²) in [6, 6.07) is -0.961. The highest BCUT2D eigenvalue weighted by molar-refractivity contribution is 8.01. The van der Waals surface area contributed by atoms with Crippen LogP contribution < -0.4 is 11.1 Å². The Morgan fingerprint density at radius 3 is 2.40 bits per heavy atom. The summed E-state index contributed by atoms with van der Waals surface area (Å²) < 4.78 is 0. The van der Waals surface area contributed by atoms with Crippen LogP contribution in [-0.4, -0.2) is 81.7 Å². The molecular formula is C17H30N4O3S. The number of aliphatic hydroxyl groups excluding tert-OH is 1. The molecule has 7 nitrogen and oxygen atoms in total. The Hall–Kier alpha value is -0.830. The van der Waals surface area contributed by atoms with E-state index in [9.17, 15) is 14.7 Å². The lowest BCUT2D eigenvalue weighted by atomic mass is 10.0. The van der Waals surface area contributed by atoms with Gasteiger partial charge in [0.25, 0.3) is 0 Å². The van der Waals surface area contributed by atoms with Gasteiger partial charge in [0.1, 0.15) is 6.04 Å². The first kappa shape index (κ1) is 18.9. The zero-order valence-corrected chi connectivity index (χ0v) is 15.8. The van der Waals surface area contributed by atoms with E-state index in [0.717, 1.165) is 44.5 Å². The summed E-state index contributed by atoms with van der Waals surface area (Å²) >= 11 is 1.82. The maximum atomic E-state index is 12.7. The number of amides is 2. The number of thioether (sulfide) groups is 1. The Balaban J connectivity index is 1.52. The number of hydrogen-bond acceptors (Lipinski definition) is 6. The van der Waals surface area contributed by atoms with Gasteiger partial charge in [-0.2, -0.15) is 0 Å². The largest absolute Gasteiger partial charge is 0.391 e. The number of hydrogen-bond donors (Lipinski definition) is 3. The highest BCUT2D eigenvalue weighted by atomic mass is 32.2. The molecule has 3 fully saturated rings. The SMILES string of the molecule is C[C@@H](O)[C@H](N)C(=O)N1CCC2(CC1)N[C@H](C(=O)N1CCCCC1)CS2. The fourth-order valence-corrected chi connectivity index (χ4v) is 5.31. The van der Waals surface area contributed by atoms with E-state index in [-0.39, 0.29) is 22.7 Å². The molecule has 0 unspecified atom stereocenters. The van der Waals surface area contributed by atoms with E-state index in [2.05, 4.69) is 5.32 Å². The van der Waals surface area contributed by atoms with Crippen LogP contribution in [0.5, 0.6) is 0 Å². The zero-order chi connectivity index (χ0) is 18.0. The lowest BCUT2D eigenvalue weighted by Crippen LogP contribution is -2.57. The molecule has 2 amide bonds. The summed E-state index contributed by atoms with van der Waals surface area (Å²) in [6.45, 7) is 4.54. The minimum Gasteiger partial charge on any atom is -0.391 e. The van der Waals surface area contributed by atoms with Gasteiger partial charge in [0, 0.05) is 31.9 Å². The predicted molar refractivity (Wildman–Crippen MR) is 98.0 cm³/mol. The molecule has 3 rings (SSSR count). The van der Waals surface area contributed by atoms with E-state index >= 15 is 0 Å². The third-order valence-electron chi connectivity index (χ3n) is 5.62. The second-order valence-corrected chi connectivity index (χ2v) is 8.88. The number of nitrogens with zero attached hydrogens (tertiary/aromatic N) is 2. The number of aliphatic hydroxyl groups is 1. The van der Waals surface area contributed by atoms with E-state index in [1.807, 2.05) is 16.7 Å². The minimum atomic E-state index is -0.855. The van der Waals surface area contributed by atoms with Crippen molar-refractivity contribution in [2.24, 2.45) is 5.73 Å². The molecular weight excluding hydrogens is 340 g/mol. The molecule has 3 aliphatic rings. The molecule has 1 spiro atoms. The Bertz CT molecular complexity index is 502. The van der Waals surface area contributed by atoms with Crippen molar-refractivity contribution >= 4 is 23.6 Å². The van der Waals surface area contributed by atoms with Gasteiger partial charge >= 0.3 is 0 Å². The normalized spacial score (nSPS) is 28.8. The minimum absolute atomic E-state index is 0.106. The van der Waals surface area contributed by atoms with Crippen molar-refractivity contribution < 1.29 is 14.7 Å². The third kappa shape index (κ3) is 4.13. The summed E-state index contributed by atoms with van der Waals surface area (Å²) in [5.41, 5.74) is 5.77. The van der Waals surface area contributed by atoms with Crippen molar-refractivity contribution in [3.05, 3.63) is 0 Å². The molecule has 8 heteroatoms. The smallest absolute Gasteiger partial charge is 0.242 e. The van der Waals surface area contributed by atoms with E-state index in [4.69, 9.17) is 5.73 Å². The van der Waals surface area contributed by atoms with Gasteiger partial charge in [-0.1, -0.05) is 0 Å². The maximum Gasteiger partial charge on any atom is 0.242 e. The summed E-state index contributed by atoms with van der Waals surface area (Å²) in [7, 11) is 0. The van der Waals surface area contributed by atoms with Crippen LogP contribution in [0.15, 0.2) is 0 Å². The number of carbonyl (C=O) groups excluding carboxylic acids is 2. The van der Waals surface area contributed by atoms with E-state index in [0.29, 0.717) is 13.1 Å². The molecule has 3 heterocycles. The van der Waals surface area contributed by atoms with Crippen LogP contribution in [0.25, 0.3) is 0 Å². The van der Waals surface area contributed by atoms with Gasteiger partial charge in [0.05, 0.1) is 17.0 Å². The molecule has 4 N–H and O–H groups in total. The Morgan fingerprint density at radius 1 is 1.16 bits per heavy atom.